The molecule has 0 bridgehead atoms. The molecule has 5 aromatic carbocycles. The summed E-state index contributed by atoms with van der Waals surface area (Å²) in [5.41, 5.74) is 4.84. The number of hydrogen-bond donors (Lipinski definition) is 3. The maximum absolute atomic E-state index is 13.3. The fourth-order valence-electron chi connectivity index (χ4n) is 4.21. The van der Waals surface area contributed by atoms with Crippen LogP contribution < -0.4 is 20.7 Å². The Bertz CT molecular complexity index is 1570. The van der Waals surface area contributed by atoms with Crippen molar-refractivity contribution in [3.63, 3.8) is 0 Å². The Morgan fingerprint density at radius 1 is 0.525 bits per heavy atom. The van der Waals surface area contributed by atoms with E-state index in [-0.39, 0.29) is 11.8 Å². The summed E-state index contributed by atoms with van der Waals surface area (Å²) in [7, 11) is 0. The molecule has 0 atom stereocenters. The lowest BCUT2D eigenvalue weighted by atomic mass is 10.1. The summed E-state index contributed by atoms with van der Waals surface area (Å²) in [4.78, 5) is 26.4. The van der Waals surface area contributed by atoms with Gasteiger partial charge < -0.3 is 20.7 Å². The van der Waals surface area contributed by atoms with Crippen LogP contribution in [0.4, 0.5) is 22.7 Å². The molecule has 6 heteroatoms. The number of anilines is 4. The zero-order chi connectivity index (χ0) is 27.6. The van der Waals surface area contributed by atoms with Gasteiger partial charge in [0.05, 0.1) is 23.4 Å². The van der Waals surface area contributed by atoms with Crippen molar-refractivity contribution < 1.29 is 14.3 Å². The van der Waals surface area contributed by atoms with Crippen LogP contribution in [0.25, 0.3) is 0 Å². The van der Waals surface area contributed by atoms with Gasteiger partial charge in [-0.05, 0) is 66.2 Å². The second-order valence-corrected chi connectivity index (χ2v) is 9.10. The van der Waals surface area contributed by atoms with Crippen molar-refractivity contribution in [2.45, 2.75) is 6.42 Å². The third-order valence-corrected chi connectivity index (χ3v) is 6.25. The number of rotatable bonds is 10. The monoisotopic (exact) mass is 527 g/mol. The van der Waals surface area contributed by atoms with Crippen LogP contribution in [-0.2, 0) is 6.42 Å². The molecule has 0 spiro atoms. The average Bonchev–Trinajstić information content (AvgIpc) is 3.00. The Morgan fingerprint density at radius 2 is 1.07 bits per heavy atom. The van der Waals surface area contributed by atoms with E-state index in [2.05, 4.69) is 16.0 Å². The molecule has 40 heavy (non-hydrogen) atoms. The molecule has 0 aliphatic rings. The number of carbonyl (C=O) groups excluding carboxylic acids is 2. The molecule has 0 saturated carbocycles. The van der Waals surface area contributed by atoms with Crippen molar-refractivity contribution in [1.82, 2.24) is 0 Å². The number of nitrogens with one attached hydrogen (secondary N) is 3. The van der Waals surface area contributed by atoms with E-state index in [4.69, 9.17) is 4.74 Å². The van der Waals surface area contributed by atoms with Gasteiger partial charge in [0, 0.05) is 23.5 Å². The average molecular weight is 528 g/mol. The van der Waals surface area contributed by atoms with Crippen LogP contribution in [0.2, 0.25) is 0 Å². The molecule has 3 N–H and O–H groups in total. The SMILES string of the molecule is O=C(Nc1ccc(Nc2ccccc2)cc1)c1ccccc1NC(=O)c1ccccc1OCCc1ccccc1. The maximum Gasteiger partial charge on any atom is 0.259 e. The quantitative estimate of drug-likeness (QED) is 0.175. The summed E-state index contributed by atoms with van der Waals surface area (Å²) in [5.74, 6) is -0.193. The van der Waals surface area contributed by atoms with Gasteiger partial charge in [-0.15, -0.1) is 0 Å². The van der Waals surface area contributed by atoms with Crippen molar-refractivity contribution in [2.75, 3.05) is 22.6 Å². The highest BCUT2D eigenvalue weighted by Gasteiger charge is 2.17. The fourth-order valence-corrected chi connectivity index (χ4v) is 4.21. The summed E-state index contributed by atoms with van der Waals surface area (Å²) in [6.45, 7) is 0.437. The first-order chi connectivity index (χ1) is 19.7. The summed E-state index contributed by atoms with van der Waals surface area (Å²) in [5, 5.41) is 9.12. The number of carbonyl (C=O) groups is 2. The van der Waals surface area contributed by atoms with Crippen LogP contribution in [0.5, 0.6) is 5.75 Å². The molecule has 0 aromatic heterocycles. The minimum atomic E-state index is -0.355. The van der Waals surface area contributed by atoms with Crippen LogP contribution in [0.15, 0.2) is 133 Å². The Morgan fingerprint density at radius 3 is 1.82 bits per heavy atom. The van der Waals surface area contributed by atoms with Gasteiger partial charge in [-0.25, -0.2) is 0 Å². The van der Waals surface area contributed by atoms with Crippen LogP contribution >= 0.6 is 0 Å². The molecule has 6 nitrogen and oxygen atoms in total. The van der Waals surface area contributed by atoms with E-state index >= 15 is 0 Å². The van der Waals surface area contributed by atoms with E-state index in [0.29, 0.717) is 34.9 Å². The van der Waals surface area contributed by atoms with Gasteiger partial charge in [0.25, 0.3) is 11.8 Å². The normalized spacial score (nSPS) is 10.4. The van der Waals surface area contributed by atoms with Crippen molar-refractivity contribution in [3.05, 3.63) is 150 Å². The molecule has 2 amide bonds. The Labute approximate surface area is 233 Å². The number of benzene rings is 5. The Hall–Kier alpha value is -5.36. The van der Waals surface area contributed by atoms with Crippen molar-refractivity contribution in [1.29, 1.82) is 0 Å². The van der Waals surface area contributed by atoms with Gasteiger partial charge in [-0.1, -0.05) is 72.8 Å². The molecular formula is C34H29N3O3. The number of para-hydroxylation sites is 3. The zero-order valence-electron chi connectivity index (χ0n) is 21.8. The first-order valence-corrected chi connectivity index (χ1v) is 13.1. The molecular weight excluding hydrogens is 498 g/mol. The van der Waals surface area contributed by atoms with Gasteiger partial charge in [0.15, 0.2) is 0 Å². The topological polar surface area (TPSA) is 79.5 Å². The van der Waals surface area contributed by atoms with Crippen LogP contribution in [-0.4, -0.2) is 18.4 Å². The molecule has 0 fully saturated rings. The van der Waals surface area contributed by atoms with Crippen LogP contribution in [0.3, 0.4) is 0 Å². The smallest absolute Gasteiger partial charge is 0.259 e. The maximum atomic E-state index is 13.3. The molecule has 5 rings (SSSR count). The largest absolute Gasteiger partial charge is 0.492 e. The van der Waals surface area contributed by atoms with E-state index in [9.17, 15) is 9.59 Å². The van der Waals surface area contributed by atoms with Gasteiger partial charge in [-0.3, -0.25) is 9.59 Å². The highest BCUT2D eigenvalue weighted by molar-refractivity contribution is 6.13. The molecule has 5 aromatic rings. The van der Waals surface area contributed by atoms with Crippen molar-refractivity contribution >= 4 is 34.6 Å². The second kappa shape index (κ2) is 12.9. The number of hydrogen-bond acceptors (Lipinski definition) is 4. The minimum Gasteiger partial charge on any atom is -0.492 e. The molecule has 0 radical (unpaired) electrons. The van der Waals surface area contributed by atoms with Gasteiger partial charge >= 0.3 is 0 Å². The lowest BCUT2D eigenvalue weighted by Gasteiger charge is -2.14. The van der Waals surface area contributed by atoms with Crippen LogP contribution in [0.1, 0.15) is 26.3 Å². The van der Waals surface area contributed by atoms with Gasteiger partial charge in [0.1, 0.15) is 5.75 Å². The summed E-state index contributed by atoms with van der Waals surface area (Å²) in [6, 6.07) is 41.4. The highest BCUT2D eigenvalue weighted by Crippen LogP contribution is 2.24. The summed E-state index contributed by atoms with van der Waals surface area (Å²) < 4.78 is 5.96. The van der Waals surface area contributed by atoms with Gasteiger partial charge in [-0.2, -0.15) is 0 Å². The zero-order valence-corrected chi connectivity index (χ0v) is 21.8. The predicted molar refractivity (Wildman–Crippen MR) is 161 cm³/mol. The lowest BCUT2D eigenvalue weighted by molar-refractivity contribution is 0.102. The summed E-state index contributed by atoms with van der Waals surface area (Å²) >= 11 is 0. The standard InChI is InChI=1S/C34H29N3O3/c38-33(36-28-21-19-27(20-22-28)35-26-13-5-2-6-14-26)29-15-7-9-17-31(29)37-34(39)30-16-8-10-18-32(30)40-24-23-25-11-3-1-4-12-25/h1-22,35H,23-24H2,(H,36,38)(H,37,39). The highest BCUT2D eigenvalue weighted by atomic mass is 16.5. The molecule has 0 saturated heterocycles. The molecule has 0 aliphatic carbocycles. The predicted octanol–water partition coefficient (Wildman–Crippen LogP) is 7.56. The van der Waals surface area contributed by atoms with Crippen molar-refractivity contribution in [3.8, 4) is 5.75 Å². The molecule has 0 heterocycles. The Kier molecular flexibility index (Phi) is 8.49. The van der Waals surface area contributed by atoms with E-state index in [1.54, 1.807) is 42.5 Å². The minimum absolute atomic E-state index is 0.327. The molecule has 0 unspecified atom stereocenters. The second-order valence-electron chi connectivity index (χ2n) is 9.10. The third kappa shape index (κ3) is 6.94. The van der Waals surface area contributed by atoms with E-state index < -0.39 is 0 Å². The number of amides is 2. The van der Waals surface area contributed by atoms with Gasteiger partial charge in [0.2, 0.25) is 0 Å². The number of ether oxygens (including phenoxy) is 1. The first kappa shape index (κ1) is 26.3. The van der Waals surface area contributed by atoms with Crippen LogP contribution in [0, 0.1) is 0 Å². The summed E-state index contributed by atoms with van der Waals surface area (Å²) in [6.07, 6.45) is 0.725. The molecule has 0 aliphatic heterocycles. The van der Waals surface area contributed by atoms with E-state index in [1.807, 2.05) is 91.0 Å². The fraction of sp³-hybridized carbons (Fsp3) is 0.0588. The first-order valence-electron chi connectivity index (χ1n) is 13.1. The third-order valence-electron chi connectivity index (χ3n) is 6.25. The molecule has 198 valence electrons. The Balaban J connectivity index is 1.23. The van der Waals surface area contributed by atoms with Crippen molar-refractivity contribution in [2.24, 2.45) is 0 Å². The van der Waals surface area contributed by atoms with E-state index in [1.165, 1.54) is 0 Å². The lowest BCUT2D eigenvalue weighted by Crippen LogP contribution is -2.19. The van der Waals surface area contributed by atoms with E-state index in [0.717, 1.165) is 23.4 Å².